The zero-order valence-corrected chi connectivity index (χ0v) is 15.4. The first-order chi connectivity index (χ1) is 11.8. The average Bonchev–Trinajstić information content (AvgIpc) is 2.54. The molecule has 6 heteroatoms. The summed E-state index contributed by atoms with van der Waals surface area (Å²) in [5.74, 6) is 1.02. The van der Waals surface area contributed by atoms with Gasteiger partial charge in [0.15, 0.2) is 0 Å². The topological polar surface area (TPSA) is 81.5 Å². The summed E-state index contributed by atoms with van der Waals surface area (Å²) in [7, 11) is 0. The maximum atomic E-state index is 12.5. The molecule has 1 aromatic rings. The molecule has 25 heavy (non-hydrogen) atoms. The van der Waals surface area contributed by atoms with Crippen LogP contribution in [0.15, 0.2) is 24.3 Å². The molecule has 1 aliphatic rings. The van der Waals surface area contributed by atoms with Crippen LogP contribution >= 0.6 is 0 Å². The van der Waals surface area contributed by atoms with Gasteiger partial charge in [-0.1, -0.05) is 39.3 Å². The van der Waals surface area contributed by atoms with Gasteiger partial charge >= 0.3 is 5.97 Å². The Morgan fingerprint density at radius 2 is 1.96 bits per heavy atom. The fourth-order valence-corrected chi connectivity index (χ4v) is 3.55. The molecule has 1 unspecified atom stereocenters. The molecule has 0 aliphatic heterocycles. The second kappa shape index (κ2) is 8.32. The number of carbonyl (C=O) groups is 1. The van der Waals surface area contributed by atoms with Crippen LogP contribution in [0.25, 0.3) is 0 Å². The lowest BCUT2D eigenvalue weighted by molar-refractivity contribution is -0.384. The molecule has 1 fully saturated rings. The second-order valence-electron chi connectivity index (χ2n) is 7.44. The predicted octanol–water partition coefficient (Wildman–Crippen LogP) is 4.40. The number of carbonyl (C=O) groups excluding carboxylic acids is 1. The van der Waals surface area contributed by atoms with Gasteiger partial charge in [-0.2, -0.15) is 0 Å². The van der Waals surface area contributed by atoms with E-state index in [2.05, 4.69) is 26.1 Å². The van der Waals surface area contributed by atoms with Crippen molar-refractivity contribution in [1.82, 2.24) is 0 Å². The normalized spacial score (nSPS) is 24.6. The Hall–Kier alpha value is -2.11. The summed E-state index contributed by atoms with van der Waals surface area (Å²) < 4.78 is 5.80. The number of nitro groups is 1. The molecule has 6 nitrogen and oxygen atoms in total. The van der Waals surface area contributed by atoms with Gasteiger partial charge in [0, 0.05) is 6.07 Å². The highest BCUT2D eigenvalue weighted by atomic mass is 16.6. The van der Waals surface area contributed by atoms with Crippen molar-refractivity contribution in [3.63, 3.8) is 0 Å². The highest BCUT2D eigenvalue weighted by molar-refractivity contribution is 5.80. The number of ether oxygens (including phenoxy) is 1. The van der Waals surface area contributed by atoms with Crippen LogP contribution in [0.4, 0.5) is 11.4 Å². The Bertz CT molecular complexity index is 617. The predicted molar refractivity (Wildman–Crippen MR) is 97.4 cm³/mol. The molecule has 0 radical (unpaired) electrons. The Morgan fingerprint density at radius 3 is 2.60 bits per heavy atom. The van der Waals surface area contributed by atoms with Crippen LogP contribution in [-0.4, -0.2) is 23.0 Å². The van der Waals surface area contributed by atoms with Gasteiger partial charge in [-0.05, 0) is 43.6 Å². The van der Waals surface area contributed by atoms with Crippen molar-refractivity contribution in [2.24, 2.45) is 17.8 Å². The number of hydrogen-bond acceptors (Lipinski definition) is 5. The number of anilines is 1. The number of esters is 1. The lowest BCUT2D eigenvalue weighted by atomic mass is 9.75. The van der Waals surface area contributed by atoms with Gasteiger partial charge in [0.2, 0.25) is 0 Å². The van der Waals surface area contributed by atoms with Crippen molar-refractivity contribution in [2.45, 2.75) is 59.1 Å². The van der Waals surface area contributed by atoms with Crippen LogP contribution in [0.2, 0.25) is 0 Å². The van der Waals surface area contributed by atoms with Crippen molar-refractivity contribution in [3.05, 3.63) is 34.4 Å². The molecule has 0 aromatic heterocycles. The standard InChI is InChI=1S/C19H28N2O4/c1-12(2)15-10-9-13(3)11-18(15)25-19(22)14(4)20-16-7-5-6-8-17(16)21(23)24/h5-8,12-15,18,20H,9-11H2,1-4H3/t13-,14-,15?,18+/m1/s1. The highest BCUT2D eigenvalue weighted by Gasteiger charge is 2.34. The molecule has 1 aliphatic carbocycles. The molecule has 4 atom stereocenters. The van der Waals surface area contributed by atoms with Crippen LogP contribution in [-0.2, 0) is 9.53 Å². The zero-order valence-electron chi connectivity index (χ0n) is 15.4. The largest absolute Gasteiger partial charge is 0.461 e. The smallest absolute Gasteiger partial charge is 0.328 e. The molecule has 1 N–H and O–H groups in total. The van der Waals surface area contributed by atoms with E-state index in [1.54, 1.807) is 25.1 Å². The molecule has 2 rings (SSSR count). The molecular weight excluding hydrogens is 320 g/mol. The van der Waals surface area contributed by atoms with Gasteiger partial charge in [0.05, 0.1) is 4.92 Å². The molecule has 1 aromatic carbocycles. The van der Waals surface area contributed by atoms with Crippen molar-refractivity contribution >= 4 is 17.3 Å². The first-order valence-corrected chi connectivity index (χ1v) is 9.00. The number of benzene rings is 1. The molecule has 0 heterocycles. The zero-order chi connectivity index (χ0) is 18.6. The summed E-state index contributed by atoms with van der Waals surface area (Å²) in [4.78, 5) is 23.2. The summed E-state index contributed by atoms with van der Waals surface area (Å²) in [6, 6.07) is 5.67. The van der Waals surface area contributed by atoms with Crippen LogP contribution in [0.5, 0.6) is 0 Å². The highest BCUT2D eigenvalue weighted by Crippen LogP contribution is 2.35. The van der Waals surface area contributed by atoms with E-state index in [1.165, 1.54) is 12.5 Å². The third kappa shape index (κ3) is 4.94. The number of para-hydroxylation sites is 2. The Labute approximate surface area is 149 Å². The van der Waals surface area contributed by atoms with E-state index in [0.29, 0.717) is 23.4 Å². The monoisotopic (exact) mass is 348 g/mol. The van der Waals surface area contributed by atoms with E-state index in [-0.39, 0.29) is 17.8 Å². The summed E-state index contributed by atoms with van der Waals surface area (Å²) in [5.41, 5.74) is 0.280. The summed E-state index contributed by atoms with van der Waals surface area (Å²) >= 11 is 0. The second-order valence-corrected chi connectivity index (χ2v) is 7.44. The molecule has 1 saturated carbocycles. The molecule has 0 spiro atoms. The number of hydrogen-bond donors (Lipinski definition) is 1. The van der Waals surface area contributed by atoms with Crippen LogP contribution in [0, 0.1) is 27.9 Å². The Morgan fingerprint density at radius 1 is 1.28 bits per heavy atom. The fourth-order valence-electron chi connectivity index (χ4n) is 3.55. The van der Waals surface area contributed by atoms with Crippen molar-refractivity contribution in [2.75, 3.05) is 5.32 Å². The average molecular weight is 348 g/mol. The van der Waals surface area contributed by atoms with E-state index in [1.807, 2.05) is 0 Å². The van der Waals surface area contributed by atoms with Gasteiger partial charge in [-0.3, -0.25) is 10.1 Å². The molecule has 0 bridgehead atoms. The third-order valence-corrected chi connectivity index (χ3v) is 5.06. The first kappa shape index (κ1) is 19.2. The maximum absolute atomic E-state index is 12.5. The van der Waals surface area contributed by atoms with E-state index in [9.17, 15) is 14.9 Å². The Balaban J connectivity index is 2.03. The number of nitro benzene ring substituents is 1. The van der Waals surface area contributed by atoms with Gasteiger partial charge in [0.1, 0.15) is 17.8 Å². The van der Waals surface area contributed by atoms with Crippen LogP contribution < -0.4 is 5.32 Å². The number of nitrogens with zero attached hydrogens (tertiary/aromatic N) is 1. The lowest BCUT2D eigenvalue weighted by Crippen LogP contribution is -2.39. The minimum Gasteiger partial charge on any atom is -0.461 e. The molecule has 0 amide bonds. The lowest BCUT2D eigenvalue weighted by Gasteiger charge is -2.37. The maximum Gasteiger partial charge on any atom is 0.328 e. The number of rotatable bonds is 6. The summed E-state index contributed by atoms with van der Waals surface area (Å²) in [6.45, 7) is 8.19. The van der Waals surface area contributed by atoms with Gasteiger partial charge in [-0.25, -0.2) is 4.79 Å². The van der Waals surface area contributed by atoms with Crippen molar-refractivity contribution in [1.29, 1.82) is 0 Å². The molecular formula is C19H28N2O4. The third-order valence-electron chi connectivity index (χ3n) is 5.06. The SMILES string of the molecule is CC(C)C1CC[C@@H](C)C[C@@H]1OC(=O)[C@@H](C)Nc1ccccc1[N+](=O)[O-]. The van der Waals surface area contributed by atoms with E-state index in [0.717, 1.165) is 12.8 Å². The van der Waals surface area contributed by atoms with E-state index >= 15 is 0 Å². The van der Waals surface area contributed by atoms with Crippen LogP contribution in [0.3, 0.4) is 0 Å². The molecule has 138 valence electrons. The fraction of sp³-hybridized carbons (Fsp3) is 0.632. The van der Waals surface area contributed by atoms with E-state index < -0.39 is 11.0 Å². The van der Waals surface area contributed by atoms with Gasteiger partial charge in [-0.15, -0.1) is 0 Å². The first-order valence-electron chi connectivity index (χ1n) is 9.00. The summed E-state index contributed by atoms with van der Waals surface area (Å²) in [6.07, 6.45) is 3.04. The van der Waals surface area contributed by atoms with E-state index in [4.69, 9.17) is 4.74 Å². The Kier molecular flexibility index (Phi) is 6.39. The minimum atomic E-state index is -0.647. The molecule has 0 saturated heterocycles. The van der Waals surface area contributed by atoms with Gasteiger partial charge in [0.25, 0.3) is 5.69 Å². The summed E-state index contributed by atoms with van der Waals surface area (Å²) in [5, 5.41) is 14.0. The van der Waals surface area contributed by atoms with Crippen molar-refractivity contribution in [3.8, 4) is 0 Å². The number of nitrogens with one attached hydrogen (secondary N) is 1. The van der Waals surface area contributed by atoms with Crippen molar-refractivity contribution < 1.29 is 14.5 Å². The van der Waals surface area contributed by atoms with Gasteiger partial charge < -0.3 is 10.1 Å². The minimum absolute atomic E-state index is 0.0477. The van der Waals surface area contributed by atoms with Crippen LogP contribution in [0.1, 0.15) is 47.0 Å². The quantitative estimate of drug-likeness (QED) is 0.468.